The second kappa shape index (κ2) is 10.2. The van der Waals surface area contributed by atoms with Crippen LogP contribution in [0.1, 0.15) is 19.4 Å². The van der Waals surface area contributed by atoms with Gasteiger partial charge in [-0.2, -0.15) is 0 Å². The molecule has 170 valence electrons. The maximum absolute atomic E-state index is 13.2. The van der Waals surface area contributed by atoms with E-state index < -0.39 is 5.91 Å². The number of anilines is 1. The van der Waals surface area contributed by atoms with E-state index in [0.717, 1.165) is 0 Å². The standard InChI is InChI=1S/C24H28N2O6/c1-15(2)32-13-12-26-23(27)21(16-6-9-18(29-3)10-7-16)22(24(26)28)25-17-8-11-19(30-4)20(14-17)31-5/h6-11,14-15,25H,12-13H2,1-5H3. The maximum Gasteiger partial charge on any atom is 0.278 e. The number of nitrogens with zero attached hydrogens (tertiary/aromatic N) is 1. The molecule has 8 heteroatoms. The number of hydrogen-bond acceptors (Lipinski definition) is 7. The van der Waals surface area contributed by atoms with Crippen LogP contribution in [0, 0.1) is 0 Å². The number of imide groups is 1. The first-order chi connectivity index (χ1) is 15.4. The predicted molar refractivity (Wildman–Crippen MR) is 121 cm³/mol. The van der Waals surface area contributed by atoms with Crippen LogP contribution in [0.25, 0.3) is 5.57 Å². The molecule has 0 saturated heterocycles. The lowest BCUT2D eigenvalue weighted by atomic mass is 10.0. The number of nitrogens with one attached hydrogen (secondary N) is 1. The van der Waals surface area contributed by atoms with Gasteiger partial charge in [0.1, 0.15) is 11.4 Å². The van der Waals surface area contributed by atoms with Crippen LogP contribution in [0.15, 0.2) is 48.2 Å². The van der Waals surface area contributed by atoms with Gasteiger partial charge >= 0.3 is 0 Å². The summed E-state index contributed by atoms with van der Waals surface area (Å²) in [4.78, 5) is 27.7. The van der Waals surface area contributed by atoms with Crippen molar-refractivity contribution in [1.82, 2.24) is 4.90 Å². The van der Waals surface area contributed by atoms with Crippen LogP contribution < -0.4 is 19.5 Å². The highest BCUT2D eigenvalue weighted by Crippen LogP contribution is 2.34. The molecule has 2 aromatic carbocycles. The number of hydrogen-bond donors (Lipinski definition) is 1. The van der Waals surface area contributed by atoms with Crippen LogP contribution in [0.3, 0.4) is 0 Å². The third-order valence-electron chi connectivity index (χ3n) is 4.97. The summed E-state index contributed by atoms with van der Waals surface area (Å²) in [7, 11) is 4.65. The van der Waals surface area contributed by atoms with Crippen LogP contribution in [0.5, 0.6) is 17.2 Å². The van der Waals surface area contributed by atoms with Gasteiger partial charge in [-0.3, -0.25) is 14.5 Å². The van der Waals surface area contributed by atoms with Crippen LogP contribution in [-0.2, 0) is 14.3 Å². The van der Waals surface area contributed by atoms with E-state index in [9.17, 15) is 9.59 Å². The van der Waals surface area contributed by atoms with Gasteiger partial charge in [-0.25, -0.2) is 0 Å². The van der Waals surface area contributed by atoms with E-state index in [-0.39, 0.29) is 36.4 Å². The van der Waals surface area contributed by atoms with Crippen molar-refractivity contribution < 1.29 is 28.5 Å². The molecule has 1 aliphatic rings. The number of benzene rings is 2. The van der Waals surface area contributed by atoms with Crippen LogP contribution in [-0.4, -0.2) is 57.3 Å². The molecule has 1 N–H and O–H groups in total. The Bertz CT molecular complexity index is 1010. The van der Waals surface area contributed by atoms with Crippen molar-refractivity contribution in [2.75, 3.05) is 39.8 Å². The Hall–Kier alpha value is -3.52. The van der Waals surface area contributed by atoms with Crippen molar-refractivity contribution >= 4 is 23.1 Å². The highest BCUT2D eigenvalue weighted by molar-refractivity contribution is 6.36. The molecule has 0 bridgehead atoms. The molecule has 3 rings (SSSR count). The predicted octanol–water partition coefficient (Wildman–Crippen LogP) is 3.33. The molecule has 32 heavy (non-hydrogen) atoms. The van der Waals surface area contributed by atoms with E-state index in [1.807, 2.05) is 13.8 Å². The summed E-state index contributed by atoms with van der Waals surface area (Å²) < 4.78 is 21.4. The highest BCUT2D eigenvalue weighted by atomic mass is 16.5. The zero-order chi connectivity index (χ0) is 23.3. The Labute approximate surface area is 187 Å². The van der Waals surface area contributed by atoms with Crippen molar-refractivity contribution in [2.45, 2.75) is 20.0 Å². The van der Waals surface area contributed by atoms with Gasteiger partial charge < -0.3 is 24.3 Å². The van der Waals surface area contributed by atoms with Crippen molar-refractivity contribution in [2.24, 2.45) is 0 Å². The molecule has 0 unspecified atom stereocenters. The molecule has 2 aromatic rings. The average Bonchev–Trinajstić information content (AvgIpc) is 3.03. The molecule has 0 aliphatic carbocycles. The average molecular weight is 440 g/mol. The van der Waals surface area contributed by atoms with Crippen LogP contribution >= 0.6 is 0 Å². The molecule has 2 amide bonds. The van der Waals surface area contributed by atoms with Gasteiger partial charge in [0.2, 0.25) is 0 Å². The molecule has 0 aromatic heterocycles. The summed E-state index contributed by atoms with van der Waals surface area (Å²) in [5.74, 6) is 0.924. The Morgan fingerprint density at radius 1 is 0.875 bits per heavy atom. The summed E-state index contributed by atoms with van der Waals surface area (Å²) >= 11 is 0. The zero-order valence-corrected chi connectivity index (χ0v) is 18.9. The van der Waals surface area contributed by atoms with E-state index >= 15 is 0 Å². The van der Waals surface area contributed by atoms with Gasteiger partial charge in [-0.05, 0) is 43.7 Å². The van der Waals surface area contributed by atoms with Crippen LogP contribution in [0.4, 0.5) is 5.69 Å². The molecule has 0 radical (unpaired) electrons. The fraction of sp³-hybridized carbons (Fsp3) is 0.333. The molecular formula is C24H28N2O6. The smallest absolute Gasteiger partial charge is 0.278 e. The highest BCUT2D eigenvalue weighted by Gasteiger charge is 2.39. The first kappa shape index (κ1) is 23.1. The minimum absolute atomic E-state index is 0.00110. The Kier molecular flexibility index (Phi) is 7.37. The van der Waals surface area contributed by atoms with E-state index in [0.29, 0.717) is 28.5 Å². The SMILES string of the molecule is COc1ccc(C2=C(Nc3ccc(OC)c(OC)c3)C(=O)N(CCOC(C)C)C2=O)cc1. The number of amides is 2. The summed E-state index contributed by atoms with van der Waals surface area (Å²) in [6, 6.07) is 12.2. The maximum atomic E-state index is 13.2. The second-order valence-electron chi connectivity index (χ2n) is 7.35. The van der Waals surface area contributed by atoms with Crippen molar-refractivity contribution in [3.63, 3.8) is 0 Å². The monoisotopic (exact) mass is 440 g/mol. The van der Waals surface area contributed by atoms with Gasteiger partial charge in [0.05, 0.1) is 46.2 Å². The van der Waals surface area contributed by atoms with Gasteiger partial charge in [-0.1, -0.05) is 12.1 Å². The minimum atomic E-state index is -0.414. The van der Waals surface area contributed by atoms with E-state index in [1.165, 1.54) is 12.0 Å². The fourth-order valence-corrected chi connectivity index (χ4v) is 3.36. The molecule has 0 fully saturated rings. The lowest BCUT2D eigenvalue weighted by molar-refractivity contribution is -0.137. The first-order valence-electron chi connectivity index (χ1n) is 10.2. The van der Waals surface area contributed by atoms with Gasteiger partial charge in [0.15, 0.2) is 11.5 Å². The molecule has 0 atom stereocenters. The lowest BCUT2D eigenvalue weighted by Crippen LogP contribution is -2.35. The number of carbonyl (C=O) groups is 2. The van der Waals surface area contributed by atoms with E-state index in [4.69, 9.17) is 18.9 Å². The van der Waals surface area contributed by atoms with E-state index in [2.05, 4.69) is 5.32 Å². The van der Waals surface area contributed by atoms with E-state index in [1.54, 1.807) is 56.7 Å². The third-order valence-corrected chi connectivity index (χ3v) is 4.97. The van der Waals surface area contributed by atoms with Crippen molar-refractivity contribution in [3.8, 4) is 17.2 Å². The summed E-state index contributed by atoms with van der Waals surface area (Å²) in [5.41, 5.74) is 1.68. The van der Waals surface area contributed by atoms with Crippen molar-refractivity contribution in [1.29, 1.82) is 0 Å². The van der Waals surface area contributed by atoms with Crippen molar-refractivity contribution in [3.05, 3.63) is 53.7 Å². The first-order valence-corrected chi connectivity index (χ1v) is 10.2. The topological polar surface area (TPSA) is 86.3 Å². The third kappa shape index (κ3) is 4.86. The summed E-state index contributed by atoms with van der Waals surface area (Å²) in [6.45, 7) is 4.22. The minimum Gasteiger partial charge on any atom is -0.497 e. The zero-order valence-electron chi connectivity index (χ0n) is 18.9. The second-order valence-corrected chi connectivity index (χ2v) is 7.35. The van der Waals surface area contributed by atoms with Gasteiger partial charge in [0.25, 0.3) is 11.8 Å². The molecule has 8 nitrogen and oxygen atoms in total. The normalized spacial score (nSPS) is 13.8. The number of methoxy groups -OCH3 is 3. The van der Waals surface area contributed by atoms with Gasteiger partial charge in [0, 0.05) is 11.8 Å². The molecule has 1 heterocycles. The Balaban J connectivity index is 1.98. The summed E-state index contributed by atoms with van der Waals surface area (Å²) in [6.07, 6.45) is 0.00110. The molecule has 0 saturated carbocycles. The quantitative estimate of drug-likeness (QED) is 0.567. The number of ether oxygens (including phenoxy) is 4. The number of carbonyl (C=O) groups excluding carboxylic acids is 2. The number of rotatable bonds is 10. The molecular weight excluding hydrogens is 412 g/mol. The molecule has 0 spiro atoms. The largest absolute Gasteiger partial charge is 0.497 e. The fourth-order valence-electron chi connectivity index (χ4n) is 3.36. The van der Waals surface area contributed by atoms with Gasteiger partial charge in [-0.15, -0.1) is 0 Å². The Morgan fingerprint density at radius 2 is 1.56 bits per heavy atom. The molecule has 1 aliphatic heterocycles. The van der Waals surface area contributed by atoms with Crippen LogP contribution in [0.2, 0.25) is 0 Å². The Morgan fingerprint density at radius 3 is 2.16 bits per heavy atom. The summed E-state index contributed by atoms with van der Waals surface area (Å²) in [5, 5.41) is 3.11. The lowest BCUT2D eigenvalue weighted by Gasteiger charge is -2.16.